The van der Waals surface area contributed by atoms with Crippen molar-refractivity contribution >= 4 is 15.9 Å². The van der Waals surface area contributed by atoms with Crippen LogP contribution in [0, 0.1) is 0 Å². The zero-order chi connectivity index (χ0) is 17.8. The molecule has 0 aromatic carbocycles. The second-order valence-electron chi connectivity index (χ2n) is 5.57. The summed E-state index contributed by atoms with van der Waals surface area (Å²) in [7, 11) is 0. The van der Waals surface area contributed by atoms with Crippen LogP contribution in [0.2, 0.25) is 0 Å². The van der Waals surface area contributed by atoms with Gasteiger partial charge in [0.15, 0.2) is 0 Å². The number of ether oxygens (including phenoxy) is 6. The van der Waals surface area contributed by atoms with Gasteiger partial charge in [0.25, 0.3) is 0 Å². The minimum Gasteiger partial charge on any atom is -0.378 e. The predicted octanol–water partition coefficient (Wildman–Crippen LogP) is 1.23. The van der Waals surface area contributed by atoms with Crippen LogP contribution >= 0.6 is 15.9 Å². The Morgan fingerprint density at radius 1 is 0.600 bits per heavy atom. The topological polar surface area (TPSA) is 67.4 Å². The highest BCUT2D eigenvalue weighted by Gasteiger charge is 2.12. The summed E-state index contributed by atoms with van der Waals surface area (Å²) in [5.74, 6) is 0. The van der Waals surface area contributed by atoms with Crippen LogP contribution in [0.4, 0.5) is 0 Å². The molecule has 1 N–H and O–H groups in total. The lowest BCUT2D eigenvalue weighted by Gasteiger charge is -2.22. The van der Waals surface area contributed by atoms with E-state index in [2.05, 4.69) is 21.2 Å². The van der Waals surface area contributed by atoms with Gasteiger partial charge in [0.05, 0.1) is 78.8 Å². The van der Waals surface area contributed by atoms with Gasteiger partial charge in [0.1, 0.15) is 0 Å². The van der Waals surface area contributed by atoms with E-state index < -0.39 is 0 Å². The molecule has 7 nitrogen and oxygen atoms in total. The minimum absolute atomic E-state index is 0.393. The number of nitrogens with one attached hydrogen (secondary N) is 1. The number of alkyl halides is 1. The molecule has 1 heterocycles. The molecule has 1 aliphatic heterocycles. The van der Waals surface area contributed by atoms with Gasteiger partial charge < -0.3 is 33.7 Å². The Kier molecular flexibility index (Phi) is 17.6. The van der Waals surface area contributed by atoms with Gasteiger partial charge >= 0.3 is 0 Å². The largest absolute Gasteiger partial charge is 0.378 e. The van der Waals surface area contributed by atoms with E-state index in [-0.39, 0.29) is 0 Å². The maximum absolute atomic E-state index is 5.75. The number of rotatable bonds is 18. The van der Waals surface area contributed by atoms with Crippen molar-refractivity contribution in [2.45, 2.75) is 18.9 Å². The van der Waals surface area contributed by atoms with Crippen LogP contribution in [0.25, 0.3) is 0 Å². The summed E-state index contributed by atoms with van der Waals surface area (Å²) in [4.78, 5) is 0. The van der Waals surface area contributed by atoms with Gasteiger partial charge in [-0.1, -0.05) is 15.9 Å². The molecule has 0 radical (unpaired) electrons. The van der Waals surface area contributed by atoms with Crippen LogP contribution < -0.4 is 5.32 Å². The molecule has 0 aromatic heterocycles. The Labute approximate surface area is 160 Å². The SMILES string of the molecule is BrCCOCCOCCOCCOCCOCCOC1CCNCC1. The van der Waals surface area contributed by atoms with Crippen molar-refractivity contribution in [3.63, 3.8) is 0 Å². The summed E-state index contributed by atoms with van der Waals surface area (Å²) in [6.45, 7) is 8.81. The Morgan fingerprint density at radius 2 is 1.00 bits per heavy atom. The van der Waals surface area contributed by atoms with E-state index in [1.54, 1.807) is 0 Å². The monoisotopic (exact) mass is 427 g/mol. The van der Waals surface area contributed by atoms with Crippen molar-refractivity contribution in [2.75, 3.05) is 91.1 Å². The fourth-order valence-corrected chi connectivity index (χ4v) is 2.50. The summed E-state index contributed by atoms with van der Waals surface area (Å²) in [5, 5.41) is 4.18. The molecule has 0 spiro atoms. The Hall–Kier alpha value is 0.200. The fraction of sp³-hybridized carbons (Fsp3) is 1.00. The number of halogens is 1. The van der Waals surface area contributed by atoms with Gasteiger partial charge in [-0.05, 0) is 25.9 Å². The molecule has 0 amide bonds. The van der Waals surface area contributed by atoms with E-state index in [0.717, 1.165) is 31.3 Å². The summed E-state index contributed by atoms with van der Waals surface area (Å²) < 4.78 is 32.7. The average Bonchev–Trinajstić information content (AvgIpc) is 2.65. The average molecular weight is 428 g/mol. The first-order chi connectivity index (χ1) is 12.4. The summed E-state index contributed by atoms with van der Waals surface area (Å²) in [6.07, 6.45) is 2.59. The highest BCUT2D eigenvalue weighted by Crippen LogP contribution is 2.06. The summed E-state index contributed by atoms with van der Waals surface area (Å²) in [6, 6.07) is 0. The Morgan fingerprint density at radius 3 is 1.44 bits per heavy atom. The lowest BCUT2D eigenvalue weighted by Crippen LogP contribution is -2.33. The van der Waals surface area contributed by atoms with Crippen LogP contribution in [-0.4, -0.2) is 97.2 Å². The Balaban J connectivity index is 1.65. The zero-order valence-corrected chi connectivity index (χ0v) is 16.8. The van der Waals surface area contributed by atoms with Crippen molar-refractivity contribution in [1.82, 2.24) is 5.32 Å². The van der Waals surface area contributed by atoms with Crippen molar-refractivity contribution in [3.8, 4) is 0 Å². The van der Waals surface area contributed by atoms with E-state index >= 15 is 0 Å². The molecule has 0 aromatic rings. The molecule has 1 fully saturated rings. The second-order valence-corrected chi connectivity index (χ2v) is 6.36. The van der Waals surface area contributed by atoms with Gasteiger partial charge in [0, 0.05) is 5.33 Å². The van der Waals surface area contributed by atoms with E-state index in [1.807, 2.05) is 0 Å². The smallest absolute Gasteiger partial charge is 0.0704 e. The third-order valence-corrected chi connectivity index (χ3v) is 3.90. The molecule has 0 saturated carbocycles. The first-order valence-electron chi connectivity index (χ1n) is 9.20. The standard InChI is InChI=1S/C17H34BrNO6/c18-3-6-20-7-8-21-9-10-22-11-12-23-13-14-24-15-16-25-17-1-4-19-5-2-17/h17,19H,1-16H2. The third kappa shape index (κ3) is 16.1. The molecule has 8 heteroatoms. The molecule has 0 aliphatic carbocycles. The van der Waals surface area contributed by atoms with Crippen molar-refractivity contribution in [2.24, 2.45) is 0 Å². The van der Waals surface area contributed by atoms with E-state index in [0.29, 0.717) is 78.8 Å². The Bertz CT molecular complexity index is 270. The minimum atomic E-state index is 0.393. The number of piperidine rings is 1. The molecule has 1 aliphatic rings. The first-order valence-corrected chi connectivity index (χ1v) is 10.3. The van der Waals surface area contributed by atoms with Crippen LogP contribution in [0.15, 0.2) is 0 Å². The number of hydrogen-bond acceptors (Lipinski definition) is 7. The molecule has 0 unspecified atom stereocenters. The second kappa shape index (κ2) is 19.0. The quantitative estimate of drug-likeness (QED) is 0.260. The van der Waals surface area contributed by atoms with Crippen molar-refractivity contribution in [3.05, 3.63) is 0 Å². The predicted molar refractivity (Wildman–Crippen MR) is 99.7 cm³/mol. The highest BCUT2D eigenvalue weighted by molar-refractivity contribution is 9.09. The molecule has 25 heavy (non-hydrogen) atoms. The van der Waals surface area contributed by atoms with E-state index in [9.17, 15) is 0 Å². The van der Waals surface area contributed by atoms with Crippen LogP contribution in [0.5, 0.6) is 0 Å². The molecular weight excluding hydrogens is 394 g/mol. The van der Waals surface area contributed by atoms with Gasteiger partial charge in [-0.2, -0.15) is 0 Å². The lowest BCUT2D eigenvalue weighted by atomic mass is 10.1. The number of hydrogen-bond donors (Lipinski definition) is 1. The summed E-state index contributed by atoms with van der Waals surface area (Å²) in [5.41, 5.74) is 0. The normalized spacial score (nSPS) is 15.7. The van der Waals surface area contributed by atoms with Crippen molar-refractivity contribution in [1.29, 1.82) is 0 Å². The van der Waals surface area contributed by atoms with E-state index in [4.69, 9.17) is 28.4 Å². The molecule has 150 valence electrons. The van der Waals surface area contributed by atoms with Gasteiger partial charge in [-0.15, -0.1) is 0 Å². The van der Waals surface area contributed by atoms with Crippen LogP contribution in [0.3, 0.4) is 0 Å². The third-order valence-electron chi connectivity index (χ3n) is 3.58. The van der Waals surface area contributed by atoms with Crippen LogP contribution in [0.1, 0.15) is 12.8 Å². The highest BCUT2D eigenvalue weighted by atomic mass is 79.9. The summed E-state index contributed by atoms with van der Waals surface area (Å²) >= 11 is 3.30. The first kappa shape index (κ1) is 23.2. The van der Waals surface area contributed by atoms with Gasteiger partial charge in [0.2, 0.25) is 0 Å². The molecular formula is C17H34BrNO6. The van der Waals surface area contributed by atoms with Crippen LogP contribution in [-0.2, 0) is 28.4 Å². The lowest BCUT2D eigenvalue weighted by molar-refractivity contribution is -0.0294. The maximum Gasteiger partial charge on any atom is 0.0704 e. The zero-order valence-electron chi connectivity index (χ0n) is 15.2. The van der Waals surface area contributed by atoms with E-state index in [1.165, 1.54) is 0 Å². The molecule has 1 saturated heterocycles. The van der Waals surface area contributed by atoms with Gasteiger partial charge in [-0.3, -0.25) is 0 Å². The fourth-order valence-electron chi connectivity index (χ4n) is 2.27. The van der Waals surface area contributed by atoms with Crippen molar-refractivity contribution < 1.29 is 28.4 Å². The molecule has 0 bridgehead atoms. The molecule has 1 rings (SSSR count). The molecule has 0 atom stereocenters. The maximum atomic E-state index is 5.75. The van der Waals surface area contributed by atoms with Gasteiger partial charge in [-0.25, -0.2) is 0 Å².